The molecule has 0 unspecified atom stereocenters. The molecule has 0 amide bonds. The number of pyridine rings is 1. The predicted molar refractivity (Wildman–Crippen MR) is 58.4 cm³/mol. The zero-order valence-electron chi connectivity index (χ0n) is 7.95. The molecule has 2 aromatic rings. The maximum absolute atomic E-state index is 12.9. The van der Waals surface area contributed by atoms with E-state index in [2.05, 4.69) is 20.9 Å². The van der Waals surface area contributed by atoms with Crippen molar-refractivity contribution >= 4 is 15.9 Å². The second-order valence-electron chi connectivity index (χ2n) is 2.99. The lowest BCUT2D eigenvalue weighted by Gasteiger charge is -2.05. The van der Waals surface area contributed by atoms with Gasteiger partial charge >= 0.3 is 0 Å². The van der Waals surface area contributed by atoms with Gasteiger partial charge in [0.25, 0.3) is 0 Å². The minimum Gasteiger partial charge on any atom is -0.457 e. The van der Waals surface area contributed by atoms with Gasteiger partial charge in [0.05, 0.1) is 4.47 Å². The molecule has 0 N–H and O–H groups in total. The maximum Gasteiger partial charge on any atom is 0.216 e. The summed E-state index contributed by atoms with van der Waals surface area (Å²) in [7, 11) is 0. The van der Waals surface area contributed by atoms with Crippen LogP contribution in [-0.4, -0.2) is 4.98 Å². The monoisotopic (exact) mass is 285 g/mol. The van der Waals surface area contributed by atoms with Crippen LogP contribution in [0.2, 0.25) is 0 Å². The van der Waals surface area contributed by atoms with Crippen molar-refractivity contribution in [3.05, 3.63) is 52.8 Å². The van der Waals surface area contributed by atoms with Gasteiger partial charge in [-0.05, 0) is 40.2 Å². The third kappa shape index (κ3) is 2.55. The highest BCUT2D eigenvalue weighted by molar-refractivity contribution is 9.10. The molecule has 0 radical (unpaired) electrons. The Bertz CT molecular complexity index is 519. The lowest BCUT2D eigenvalue weighted by Crippen LogP contribution is -1.88. The van der Waals surface area contributed by atoms with E-state index in [1.54, 1.807) is 0 Å². The Hall–Kier alpha value is -1.49. The number of aromatic nitrogens is 1. The topological polar surface area (TPSA) is 22.1 Å². The van der Waals surface area contributed by atoms with Crippen LogP contribution in [-0.2, 0) is 0 Å². The van der Waals surface area contributed by atoms with Gasteiger partial charge in [0, 0.05) is 12.3 Å². The first kappa shape index (κ1) is 11.0. The Labute approximate surface area is 99.0 Å². The van der Waals surface area contributed by atoms with Crippen LogP contribution < -0.4 is 4.74 Å². The average molecular weight is 286 g/mol. The van der Waals surface area contributed by atoms with E-state index in [0.29, 0.717) is 16.0 Å². The van der Waals surface area contributed by atoms with Crippen molar-refractivity contribution in [1.29, 1.82) is 0 Å². The summed E-state index contributed by atoms with van der Waals surface area (Å²) in [4.78, 5) is 3.40. The summed E-state index contributed by atoms with van der Waals surface area (Å²) in [5.74, 6) is -0.281. The second kappa shape index (κ2) is 4.57. The molecule has 0 aliphatic heterocycles. The molecule has 0 aliphatic rings. The van der Waals surface area contributed by atoms with E-state index in [4.69, 9.17) is 4.74 Å². The van der Waals surface area contributed by atoms with Crippen LogP contribution in [0.3, 0.4) is 0 Å². The molecule has 0 fully saturated rings. The molecule has 0 spiro atoms. The Balaban J connectivity index is 2.24. The molecule has 2 nitrogen and oxygen atoms in total. The molecular formula is C11H6BrF2NO. The first-order chi connectivity index (χ1) is 7.65. The summed E-state index contributed by atoms with van der Waals surface area (Å²) in [5, 5.41) is 0. The maximum atomic E-state index is 12.9. The molecule has 0 saturated carbocycles. The van der Waals surface area contributed by atoms with E-state index in [0.717, 1.165) is 6.07 Å². The van der Waals surface area contributed by atoms with E-state index in [9.17, 15) is 8.78 Å². The van der Waals surface area contributed by atoms with Gasteiger partial charge in [0.1, 0.15) is 17.3 Å². The van der Waals surface area contributed by atoms with Crippen molar-refractivity contribution in [1.82, 2.24) is 4.98 Å². The number of rotatable bonds is 2. The largest absolute Gasteiger partial charge is 0.457 e. The zero-order chi connectivity index (χ0) is 11.5. The van der Waals surface area contributed by atoms with E-state index >= 15 is 0 Å². The lowest BCUT2D eigenvalue weighted by atomic mass is 10.3. The summed E-state index contributed by atoms with van der Waals surface area (Å²) in [6.45, 7) is 0. The molecule has 0 saturated heterocycles. The fraction of sp³-hybridized carbons (Fsp3) is 0. The first-order valence-electron chi connectivity index (χ1n) is 4.39. The van der Waals surface area contributed by atoms with E-state index in [1.807, 2.05) is 0 Å². The molecule has 82 valence electrons. The van der Waals surface area contributed by atoms with Crippen molar-refractivity contribution in [2.24, 2.45) is 0 Å². The Kier molecular flexibility index (Phi) is 3.14. The summed E-state index contributed by atoms with van der Waals surface area (Å²) >= 11 is 3.03. The fourth-order valence-corrected chi connectivity index (χ4v) is 1.48. The minimum atomic E-state index is -0.626. The van der Waals surface area contributed by atoms with Crippen molar-refractivity contribution in [3.8, 4) is 11.5 Å². The van der Waals surface area contributed by atoms with Gasteiger partial charge in [-0.1, -0.05) is 0 Å². The van der Waals surface area contributed by atoms with Crippen molar-refractivity contribution in [2.45, 2.75) is 0 Å². The predicted octanol–water partition coefficient (Wildman–Crippen LogP) is 3.91. The van der Waals surface area contributed by atoms with Crippen LogP contribution in [0.4, 0.5) is 8.78 Å². The number of hydrogen-bond acceptors (Lipinski definition) is 2. The van der Waals surface area contributed by atoms with Crippen molar-refractivity contribution < 1.29 is 13.5 Å². The summed E-state index contributed by atoms with van der Waals surface area (Å²) in [5.41, 5.74) is 0. The fourth-order valence-electron chi connectivity index (χ4n) is 1.12. The Morgan fingerprint density at radius 3 is 2.50 bits per heavy atom. The van der Waals surface area contributed by atoms with Gasteiger partial charge in [-0.2, -0.15) is 4.39 Å². The van der Waals surface area contributed by atoms with E-state index in [1.165, 1.54) is 30.5 Å². The quantitative estimate of drug-likeness (QED) is 0.781. The standard InChI is InChI=1S/C11H6BrF2NO/c12-9-5-7(1-2-10(9)13)16-8-3-4-15-11(14)6-8/h1-6H. The molecule has 2 rings (SSSR count). The molecule has 1 aromatic heterocycles. The molecule has 16 heavy (non-hydrogen) atoms. The molecule has 0 aliphatic carbocycles. The summed E-state index contributed by atoms with van der Waals surface area (Å²) < 4.78 is 31.3. The summed E-state index contributed by atoms with van der Waals surface area (Å²) in [6.07, 6.45) is 1.29. The number of ether oxygens (including phenoxy) is 1. The highest BCUT2D eigenvalue weighted by Crippen LogP contribution is 2.26. The highest BCUT2D eigenvalue weighted by atomic mass is 79.9. The minimum absolute atomic E-state index is 0.291. The Morgan fingerprint density at radius 2 is 1.81 bits per heavy atom. The van der Waals surface area contributed by atoms with E-state index < -0.39 is 5.95 Å². The van der Waals surface area contributed by atoms with Crippen LogP contribution in [0.15, 0.2) is 41.0 Å². The highest BCUT2D eigenvalue weighted by Gasteiger charge is 2.03. The lowest BCUT2D eigenvalue weighted by molar-refractivity contribution is 0.469. The summed E-state index contributed by atoms with van der Waals surface area (Å²) in [6, 6.07) is 6.85. The van der Waals surface area contributed by atoms with Gasteiger partial charge < -0.3 is 4.74 Å². The average Bonchev–Trinajstić information content (AvgIpc) is 2.24. The van der Waals surface area contributed by atoms with Crippen LogP contribution in [0.1, 0.15) is 0 Å². The van der Waals surface area contributed by atoms with Gasteiger partial charge in [0.15, 0.2) is 0 Å². The molecule has 0 bridgehead atoms. The number of hydrogen-bond donors (Lipinski definition) is 0. The van der Waals surface area contributed by atoms with Gasteiger partial charge in [-0.25, -0.2) is 9.37 Å². The Morgan fingerprint density at radius 1 is 1.06 bits per heavy atom. The number of nitrogens with zero attached hydrogens (tertiary/aromatic N) is 1. The van der Waals surface area contributed by atoms with E-state index in [-0.39, 0.29) is 5.82 Å². The van der Waals surface area contributed by atoms with Crippen LogP contribution in [0.25, 0.3) is 0 Å². The normalized spacial score (nSPS) is 10.2. The number of benzene rings is 1. The third-order valence-electron chi connectivity index (χ3n) is 1.82. The number of halogens is 3. The van der Waals surface area contributed by atoms with Crippen LogP contribution >= 0.6 is 15.9 Å². The van der Waals surface area contributed by atoms with Gasteiger partial charge in [-0.15, -0.1) is 0 Å². The smallest absolute Gasteiger partial charge is 0.216 e. The van der Waals surface area contributed by atoms with Gasteiger partial charge in [-0.3, -0.25) is 0 Å². The van der Waals surface area contributed by atoms with Crippen molar-refractivity contribution in [3.63, 3.8) is 0 Å². The molecule has 0 atom stereocenters. The molecular weight excluding hydrogens is 280 g/mol. The van der Waals surface area contributed by atoms with Crippen LogP contribution in [0, 0.1) is 11.8 Å². The first-order valence-corrected chi connectivity index (χ1v) is 5.19. The zero-order valence-corrected chi connectivity index (χ0v) is 9.54. The van der Waals surface area contributed by atoms with Crippen molar-refractivity contribution in [2.75, 3.05) is 0 Å². The van der Waals surface area contributed by atoms with Crippen LogP contribution in [0.5, 0.6) is 11.5 Å². The van der Waals surface area contributed by atoms with Gasteiger partial charge in [0.2, 0.25) is 5.95 Å². The third-order valence-corrected chi connectivity index (χ3v) is 2.43. The SMILES string of the molecule is Fc1cc(Oc2ccc(F)c(Br)c2)ccn1. The molecule has 5 heteroatoms. The molecule has 1 aromatic carbocycles. The second-order valence-corrected chi connectivity index (χ2v) is 3.85. The molecule has 1 heterocycles.